The van der Waals surface area contributed by atoms with Gasteiger partial charge < -0.3 is 4.90 Å². The Hall–Kier alpha value is -0.540. The van der Waals surface area contributed by atoms with Crippen LogP contribution in [0.4, 0.5) is 0 Å². The average molecular weight is 232 g/mol. The molecule has 0 aliphatic carbocycles. The van der Waals surface area contributed by atoms with Crippen molar-refractivity contribution < 1.29 is 4.79 Å². The van der Waals surface area contributed by atoms with Crippen molar-refractivity contribution in [1.29, 1.82) is 0 Å². The van der Waals surface area contributed by atoms with Crippen molar-refractivity contribution in [3.8, 4) is 0 Å². The number of carbonyl (C=O) groups is 1. The van der Waals surface area contributed by atoms with Gasteiger partial charge >= 0.3 is 0 Å². The second-order valence-electron chi connectivity index (χ2n) is 4.14. The number of halogens is 1. The number of carbonyl (C=O) groups excluding carboxylic acids is 1. The van der Waals surface area contributed by atoms with E-state index in [4.69, 9.17) is 11.6 Å². The molecule has 0 aliphatic rings. The predicted molar refractivity (Wildman–Crippen MR) is 61.2 cm³/mol. The molecule has 0 aromatic carbocycles. The SMILES string of the molecule is CN(C(=O)c1ccc(Cl)s1)C(C)(C)C. The van der Waals surface area contributed by atoms with Crippen LogP contribution in [0.2, 0.25) is 4.34 Å². The second-order valence-corrected chi connectivity index (χ2v) is 5.85. The first-order chi connectivity index (χ1) is 6.32. The maximum Gasteiger partial charge on any atom is 0.264 e. The molecule has 0 fully saturated rings. The van der Waals surface area contributed by atoms with Gasteiger partial charge in [0.2, 0.25) is 0 Å². The Labute approximate surface area is 93.5 Å². The molecule has 0 radical (unpaired) electrons. The van der Waals surface area contributed by atoms with Crippen molar-refractivity contribution in [2.75, 3.05) is 7.05 Å². The molecule has 14 heavy (non-hydrogen) atoms. The third-order valence-electron chi connectivity index (χ3n) is 2.09. The minimum atomic E-state index is -0.159. The average Bonchev–Trinajstić information content (AvgIpc) is 2.47. The van der Waals surface area contributed by atoms with Crippen LogP contribution < -0.4 is 0 Å². The lowest BCUT2D eigenvalue weighted by atomic mass is 10.1. The van der Waals surface area contributed by atoms with Gasteiger partial charge in [0.1, 0.15) is 0 Å². The van der Waals surface area contributed by atoms with Crippen molar-refractivity contribution in [2.45, 2.75) is 26.3 Å². The fourth-order valence-electron chi connectivity index (χ4n) is 0.899. The summed E-state index contributed by atoms with van der Waals surface area (Å²) in [4.78, 5) is 14.3. The summed E-state index contributed by atoms with van der Waals surface area (Å²) >= 11 is 7.09. The summed E-state index contributed by atoms with van der Waals surface area (Å²) in [5, 5.41) is 0. The van der Waals surface area contributed by atoms with Crippen LogP contribution in [-0.2, 0) is 0 Å². The molecule has 1 rings (SSSR count). The van der Waals surface area contributed by atoms with Crippen LogP contribution in [0.25, 0.3) is 0 Å². The van der Waals surface area contributed by atoms with E-state index in [9.17, 15) is 4.79 Å². The molecule has 0 N–H and O–H groups in total. The van der Waals surface area contributed by atoms with Gasteiger partial charge in [-0.15, -0.1) is 11.3 Å². The van der Waals surface area contributed by atoms with Gasteiger partial charge in [-0.3, -0.25) is 4.79 Å². The lowest BCUT2D eigenvalue weighted by Crippen LogP contribution is -2.42. The van der Waals surface area contributed by atoms with Gasteiger partial charge in [0.05, 0.1) is 9.21 Å². The highest BCUT2D eigenvalue weighted by atomic mass is 35.5. The zero-order chi connectivity index (χ0) is 10.9. The predicted octanol–water partition coefficient (Wildman–Crippen LogP) is 3.27. The van der Waals surface area contributed by atoms with Crippen molar-refractivity contribution in [3.05, 3.63) is 21.3 Å². The van der Waals surface area contributed by atoms with E-state index in [1.807, 2.05) is 20.8 Å². The Bertz CT molecular complexity index is 340. The molecule has 2 nitrogen and oxygen atoms in total. The number of hydrogen-bond donors (Lipinski definition) is 0. The summed E-state index contributed by atoms with van der Waals surface area (Å²) < 4.78 is 0.649. The fourth-order valence-corrected chi connectivity index (χ4v) is 1.92. The Morgan fingerprint density at radius 3 is 2.36 bits per heavy atom. The summed E-state index contributed by atoms with van der Waals surface area (Å²) in [6.07, 6.45) is 0. The Morgan fingerprint density at radius 2 is 2.00 bits per heavy atom. The van der Waals surface area contributed by atoms with Crippen LogP contribution in [0, 0.1) is 0 Å². The molecule has 0 unspecified atom stereocenters. The maximum atomic E-state index is 11.9. The molecule has 4 heteroatoms. The van der Waals surface area contributed by atoms with Crippen LogP contribution in [0.15, 0.2) is 12.1 Å². The lowest BCUT2D eigenvalue weighted by molar-refractivity contribution is 0.0661. The van der Waals surface area contributed by atoms with E-state index in [0.717, 1.165) is 0 Å². The van der Waals surface area contributed by atoms with Crippen LogP contribution in [0.1, 0.15) is 30.4 Å². The molecule has 0 bridgehead atoms. The summed E-state index contributed by atoms with van der Waals surface area (Å²) in [6.45, 7) is 6.00. The molecule has 0 saturated heterocycles. The van der Waals surface area contributed by atoms with E-state index in [1.165, 1.54) is 11.3 Å². The van der Waals surface area contributed by atoms with Gasteiger partial charge in [-0.1, -0.05) is 11.6 Å². The third kappa shape index (κ3) is 2.49. The quantitative estimate of drug-likeness (QED) is 0.727. The Kier molecular flexibility index (Phi) is 3.22. The number of hydrogen-bond acceptors (Lipinski definition) is 2. The highest BCUT2D eigenvalue weighted by molar-refractivity contribution is 7.17. The van der Waals surface area contributed by atoms with Crippen LogP contribution in [-0.4, -0.2) is 23.4 Å². The number of rotatable bonds is 1. The van der Waals surface area contributed by atoms with E-state index in [2.05, 4.69) is 0 Å². The number of nitrogens with zero attached hydrogens (tertiary/aromatic N) is 1. The van der Waals surface area contributed by atoms with E-state index >= 15 is 0 Å². The van der Waals surface area contributed by atoms with Gasteiger partial charge in [0, 0.05) is 12.6 Å². The molecule has 0 aliphatic heterocycles. The maximum absolute atomic E-state index is 11.9. The topological polar surface area (TPSA) is 20.3 Å². The summed E-state index contributed by atoms with van der Waals surface area (Å²) in [7, 11) is 1.80. The minimum absolute atomic E-state index is 0.0226. The van der Waals surface area contributed by atoms with E-state index in [0.29, 0.717) is 9.21 Å². The molecule has 0 saturated carbocycles. The number of thiophene rings is 1. The van der Waals surface area contributed by atoms with Crippen molar-refractivity contribution in [3.63, 3.8) is 0 Å². The zero-order valence-corrected chi connectivity index (χ0v) is 10.4. The molecule has 78 valence electrons. The molecule has 0 spiro atoms. The third-order valence-corrected chi connectivity index (χ3v) is 3.31. The lowest BCUT2D eigenvalue weighted by Gasteiger charge is -2.31. The van der Waals surface area contributed by atoms with E-state index in [-0.39, 0.29) is 11.4 Å². The first-order valence-electron chi connectivity index (χ1n) is 4.36. The highest BCUT2D eigenvalue weighted by Gasteiger charge is 2.24. The first-order valence-corrected chi connectivity index (χ1v) is 5.55. The largest absolute Gasteiger partial charge is 0.336 e. The minimum Gasteiger partial charge on any atom is -0.336 e. The summed E-state index contributed by atoms with van der Waals surface area (Å²) in [5.74, 6) is 0.0226. The molecule has 1 heterocycles. The highest BCUT2D eigenvalue weighted by Crippen LogP contribution is 2.24. The van der Waals surface area contributed by atoms with Crippen molar-refractivity contribution in [1.82, 2.24) is 4.90 Å². The monoisotopic (exact) mass is 231 g/mol. The van der Waals surface area contributed by atoms with Crippen LogP contribution >= 0.6 is 22.9 Å². The Balaban J connectivity index is 2.86. The number of amides is 1. The molecular weight excluding hydrogens is 218 g/mol. The standard InChI is InChI=1S/C10H14ClNOS/c1-10(2,3)12(4)9(13)7-5-6-8(11)14-7/h5-6H,1-4H3. The normalized spacial score (nSPS) is 11.5. The van der Waals surface area contributed by atoms with E-state index < -0.39 is 0 Å². The molecule has 1 amide bonds. The van der Waals surface area contributed by atoms with E-state index in [1.54, 1.807) is 24.1 Å². The van der Waals surface area contributed by atoms with Crippen LogP contribution in [0.5, 0.6) is 0 Å². The van der Waals surface area contributed by atoms with Gasteiger partial charge in [-0.2, -0.15) is 0 Å². The summed E-state index contributed by atoms with van der Waals surface area (Å²) in [6, 6.07) is 3.51. The molecule has 1 aromatic heterocycles. The van der Waals surface area contributed by atoms with Gasteiger partial charge in [0.15, 0.2) is 0 Å². The van der Waals surface area contributed by atoms with Gasteiger partial charge in [-0.25, -0.2) is 0 Å². The molecule has 1 aromatic rings. The second kappa shape index (κ2) is 3.91. The van der Waals surface area contributed by atoms with Gasteiger partial charge in [-0.05, 0) is 32.9 Å². The Morgan fingerprint density at radius 1 is 1.43 bits per heavy atom. The molecular formula is C10H14ClNOS. The first kappa shape index (κ1) is 11.5. The van der Waals surface area contributed by atoms with Gasteiger partial charge in [0.25, 0.3) is 5.91 Å². The van der Waals surface area contributed by atoms with Crippen LogP contribution in [0.3, 0.4) is 0 Å². The smallest absolute Gasteiger partial charge is 0.264 e. The fraction of sp³-hybridized carbons (Fsp3) is 0.500. The molecule has 0 atom stereocenters. The zero-order valence-electron chi connectivity index (χ0n) is 8.80. The van der Waals surface area contributed by atoms with Crippen molar-refractivity contribution >= 4 is 28.8 Å². The van der Waals surface area contributed by atoms with Crippen molar-refractivity contribution in [2.24, 2.45) is 0 Å². The summed E-state index contributed by atoms with van der Waals surface area (Å²) in [5.41, 5.74) is -0.159.